The molecule has 0 aliphatic carbocycles. The number of thiazole rings is 1. The van der Waals surface area contributed by atoms with Crippen LogP contribution in [0.3, 0.4) is 0 Å². The summed E-state index contributed by atoms with van der Waals surface area (Å²) in [5.74, 6) is 1.10. The third-order valence-electron chi connectivity index (χ3n) is 1.16. The van der Waals surface area contributed by atoms with E-state index in [4.69, 9.17) is 0 Å². The molecule has 11 heavy (non-hydrogen) atoms. The van der Waals surface area contributed by atoms with Gasteiger partial charge in [0.05, 0.1) is 5.69 Å². The maximum absolute atomic E-state index is 4.41. The van der Waals surface area contributed by atoms with E-state index in [1.807, 2.05) is 7.05 Å². The molecule has 0 aliphatic heterocycles. The fraction of sp³-hybridized carbons (Fsp3) is 0.571. The number of nitrogens with one attached hydrogen (secondary N) is 1. The van der Waals surface area contributed by atoms with Gasteiger partial charge in [0.1, 0.15) is 4.34 Å². The molecule has 0 aliphatic rings. The van der Waals surface area contributed by atoms with Gasteiger partial charge < -0.3 is 5.32 Å². The Morgan fingerprint density at radius 3 is 3.18 bits per heavy atom. The first-order valence-corrected chi connectivity index (χ1v) is 5.45. The summed E-state index contributed by atoms with van der Waals surface area (Å²) in [6, 6.07) is 0. The van der Waals surface area contributed by atoms with Gasteiger partial charge in [-0.2, -0.15) is 0 Å². The highest BCUT2D eigenvalue weighted by Crippen LogP contribution is 2.21. The summed E-state index contributed by atoms with van der Waals surface area (Å²) in [7, 11) is 1.94. The van der Waals surface area contributed by atoms with Crippen molar-refractivity contribution < 1.29 is 0 Å². The lowest BCUT2D eigenvalue weighted by molar-refractivity contribution is 0.791. The van der Waals surface area contributed by atoms with E-state index in [1.54, 1.807) is 23.1 Å². The van der Waals surface area contributed by atoms with Gasteiger partial charge in [-0.1, -0.05) is 18.7 Å². The molecule has 0 fully saturated rings. The predicted molar refractivity (Wildman–Crippen MR) is 51.3 cm³/mol. The second-order valence-corrected chi connectivity index (χ2v) is 4.44. The van der Waals surface area contributed by atoms with Crippen LogP contribution in [0.4, 0.5) is 0 Å². The molecule has 1 aromatic heterocycles. The van der Waals surface area contributed by atoms with Crippen LogP contribution in [0.15, 0.2) is 9.72 Å². The lowest BCUT2D eigenvalue weighted by atomic mass is 10.5. The van der Waals surface area contributed by atoms with Crippen molar-refractivity contribution in [3.63, 3.8) is 0 Å². The summed E-state index contributed by atoms with van der Waals surface area (Å²) in [6.45, 7) is 3.02. The Morgan fingerprint density at radius 1 is 1.73 bits per heavy atom. The van der Waals surface area contributed by atoms with Gasteiger partial charge >= 0.3 is 0 Å². The molecule has 0 aromatic carbocycles. The van der Waals surface area contributed by atoms with E-state index in [-0.39, 0.29) is 0 Å². The monoisotopic (exact) mass is 188 g/mol. The van der Waals surface area contributed by atoms with Crippen molar-refractivity contribution in [1.29, 1.82) is 0 Å². The van der Waals surface area contributed by atoms with Gasteiger partial charge in [0.25, 0.3) is 0 Å². The molecule has 4 heteroatoms. The molecule has 0 bridgehead atoms. The summed E-state index contributed by atoms with van der Waals surface area (Å²) >= 11 is 3.53. The Bertz CT molecular complexity index is 189. The number of rotatable bonds is 4. The predicted octanol–water partition coefficient (Wildman–Crippen LogP) is 1.97. The van der Waals surface area contributed by atoms with E-state index in [9.17, 15) is 0 Å². The van der Waals surface area contributed by atoms with Crippen molar-refractivity contribution in [2.24, 2.45) is 0 Å². The van der Waals surface area contributed by atoms with Crippen LogP contribution >= 0.6 is 23.1 Å². The van der Waals surface area contributed by atoms with Gasteiger partial charge in [-0.15, -0.1) is 11.3 Å². The molecular weight excluding hydrogens is 176 g/mol. The van der Waals surface area contributed by atoms with Gasteiger partial charge in [-0.3, -0.25) is 0 Å². The lowest BCUT2D eigenvalue weighted by Crippen LogP contribution is -2.04. The van der Waals surface area contributed by atoms with Crippen molar-refractivity contribution in [3.05, 3.63) is 11.1 Å². The fourth-order valence-corrected chi connectivity index (χ4v) is 2.48. The second-order valence-electron chi connectivity index (χ2n) is 2.07. The maximum atomic E-state index is 4.41. The zero-order valence-corrected chi connectivity index (χ0v) is 8.39. The smallest absolute Gasteiger partial charge is 0.150 e. The molecule has 1 aromatic rings. The van der Waals surface area contributed by atoms with E-state index in [1.165, 1.54) is 4.34 Å². The Balaban J connectivity index is 2.51. The SMILES string of the molecule is CCSc1nc(CNC)cs1. The first kappa shape index (κ1) is 9.03. The molecule has 1 rings (SSSR count). The normalized spacial score (nSPS) is 10.4. The molecule has 0 saturated heterocycles. The minimum atomic E-state index is 0.876. The summed E-state index contributed by atoms with van der Waals surface area (Å²) in [5.41, 5.74) is 1.15. The largest absolute Gasteiger partial charge is 0.314 e. The molecule has 0 spiro atoms. The third kappa shape index (κ3) is 2.81. The first-order chi connectivity index (χ1) is 5.36. The highest BCUT2D eigenvalue weighted by Gasteiger charge is 1.99. The van der Waals surface area contributed by atoms with E-state index < -0.39 is 0 Å². The zero-order valence-electron chi connectivity index (χ0n) is 6.76. The molecule has 62 valence electrons. The first-order valence-electron chi connectivity index (χ1n) is 3.58. The van der Waals surface area contributed by atoms with Crippen LogP contribution < -0.4 is 5.32 Å². The molecule has 0 saturated carbocycles. The average Bonchev–Trinajstić information content (AvgIpc) is 2.38. The zero-order chi connectivity index (χ0) is 8.10. The Labute approximate surface area is 75.4 Å². The van der Waals surface area contributed by atoms with Gasteiger partial charge in [0.15, 0.2) is 0 Å². The van der Waals surface area contributed by atoms with Crippen LogP contribution in [-0.4, -0.2) is 17.8 Å². The number of aromatic nitrogens is 1. The van der Waals surface area contributed by atoms with Crippen LogP contribution in [0.5, 0.6) is 0 Å². The van der Waals surface area contributed by atoms with Gasteiger partial charge in [0, 0.05) is 11.9 Å². The topological polar surface area (TPSA) is 24.9 Å². The molecule has 1 N–H and O–H groups in total. The van der Waals surface area contributed by atoms with Crippen molar-refractivity contribution in [2.75, 3.05) is 12.8 Å². The Morgan fingerprint density at radius 2 is 2.55 bits per heavy atom. The van der Waals surface area contributed by atoms with Crippen LogP contribution in [0.2, 0.25) is 0 Å². The third-order valence-corrected chi connectivity index (χ3v) is 3.11. The highest BCUT2D eigenvalue weighted by molar-refractivity contribution is 8.00. The fourth-order valence-electron chi connectivity index (χ4n) is 0.740. The maximum Gasteiger partial charge on any atom is 0.150 e. The van der Waals surface area contributed by atoms with Gasteiger partial charge in [-0.05, 0) is 12.8 Å². The van der Waals surface area contributed by atoms with Crippen LogP contribution in [0.25, 0.3) is 0 Å². The quantitative estimate of drug-likeness (QED) is 0.731. The molecular formula is C7H12N2S2. The van der Waals surface area contributed by atoms with Crippen molar-refractivity contribution in [3.8, 4) is 0 Å². The molecule has 1 heterocycles. The van der Waals surface area contributed by atoms with Crippen LogP contribution in [-0.2, 0) is 6.54 Å². The molecule has 0 atom stereocenters. The molecule has 0 unspecified atom stereocenters. The summed E-state index contributed by atoms with van der Waals surface area (Å²) < 4.78 is 1.18. The summed E-state index contributed by atoms with van der Waals surface area (Å²) in [5, 5.41) is 5.18. The van der Waals surface area contributed by atoms with Crippen LogP contribution in [0.1, 0.15) is 12.6 Å². The summed E-state index contributed by atoms with van der Waals surface area (Å²) in [4.78, 5) is 4.41. The summed E-state index contributed by atoms with van der Waals surface area (Å²) in [6.07, 6.45) is 0. The number of hydrogen-bond donors (Lipinski definition) is 1. The minimum Gasteiger partial charge on any atom is -0.314 e. The standard InChI is InChI=1S/C7H12N2S2/c1-3-10-7-9-6(4-8-2)5-11-7/h5,8H,3-4H2,1-2H3. The van der Waals surface area contributed by atoms with Crippen molar-refractivity contribution >= 4 is 23.1 Å². The molecule has 2 nitrogen and oxygen atoms in total. The average molecular weight is 188 g/mol. The second kappa shape index (κ2) is 4.74. The van der Waals surface area contributed by atoms with Crippen LogP contribution in [0, 0.1) is 0 Å². The minimum absolute atomic E-state index is 0.876. The molecule has 0 radical (unpaired) electrons. The van der Waals surface area contributed by atoms with Gasteiger partial charge in [-0.25, -0.2) is 4.98 Å². The highest BCUT2D eigenvalue weighted by atomic mass is 32.2. The Hall–Kier alpha value is -0.0600. The van der Waals surface area contributed by atoms with Crippen molar-refractivity contribution in [1.82, 2.24) is 10.3 Å². The van der Waals surface area contributed by atoms with E-state index >= 15 is 0 Å². The number of thioether (sulfide) groups is 1. The van der Waals surface area contributed by atoms with E-state index in [2.05, 4.69) is 22.6 Å². The van der Waals surface area contributed by atoms with E-state index in [0.29, 0.717) is 0 Å². The van der Waals surface area contributed by atoms with E-state index in [0.717, 1.165) is 18.0 Å². The lowest BCUT2D eigenvalue weighted by Gasteiger charge is -1.91. The molecule has 0 amide bonds. The number of nitrogens with zero attached hydrogens (tertiary/aromatic N) is 1. The Kier molecular flexibility index (Phi) is 3.90. The number of hydrogen-bond acceptors (Lipinski definition) is 4. The van der Waals surface area contributed by atoms with Gasteiger partial charge in [0.2, 0.25) is 0 Å². The van der Waals surface area contributed by atoms with Crippen molar-refractivity contribution in [2.45, 2.75) is 17.8 Å².